The van der Waals surface area contributed by atoms with Crippen LogP contribution < -0.4 is 0 Å². The van der Waals surface area contributed by atoms with Crippen LogP contribution in [0.3, 0.4) is 0 Å². The van der Waals surface area contributed by atoms with Gasteiger partial charge in [0.15, 0.2) is 5.78 Å². The lowest BCUT2D eigenvalue weighted by Gasteiger charge is -2.28. The maximum absolute atomic E-state index is 12.6. The van der Waals surface area contributed by atoms with Gasteiger partial charge < -0.3 is 5.11 Å². The van der Waals surface area contributed by atoms with Gasteiger partial charge in [-0.05, 0) is 78.2 Å². The van der Waals surface area contributed by atoms with E-state index in [1.165, 1.54) is 11.1 Å². The first-order valence-electron chi connectivity index (χ1n) is 14.0. The summed E-state index contributed by atoms with van der Waals surface area (Å²) in [6.45, 7) is 2.14. The fraction of sp³-hybridized carbons (Fsp3) is 0.382. The Hall–Kier alpha value is -3.53. The number of aliphatic carboxylic acids is 1. The average molecular weight is 511 g/mol. The van der Waals surface area contributed by atoms with Crippen LogP contribution in [0.1, 0.15) is 91.3 Å². The Balaban J connectivity index is 1.19. The highest BCUT2D eigenvalue weighted by Crippen LogP contribution is 2.37. The van der Waals surface area contributed by atoms with Crippen LogP contribution in [-0.4, -0.2) is 22.6 Å². The third kappa shape index (κ3) is 7.74. The second-order valence-electron chi connectivity index (χ2n) is 10.7. The molecule has 1 aliphatic rings. The molecule has 1 saturated carbocycles. The predicted octanol–water partition coefficient (Wildman–Crippen LogP) is 7.83. The van der Waals surface area contributed by atoms with E-state index in [1.807, 2.05) is 36.4 Å². The first-order valence-corrected chi connectivity index (χ1v) is 14.0. The number of aryl methyl sites for hydroxylation is 1. The van der Waals surface area contributed by atoms with Crippen molar-refractivity contribution in [2.75, 3.05) is 0 Å². The SMILES string of the molecule is CCc1ccc(-c2ccc(C(=O)CCCC(=O)Cc3ccc(C4CCC(CC(=O)O)CC4)cc3)cc2)cc1. The maximum atomic E-state index is 12.6. The molecule has 0 bridgehead atoms. The van der Waals surface area contributed by atoms with Crippen molar-refractivity contribution in [2.45, 2.75) is 77.0 Å². The summed E-state index contributed by atoms with van der Waals surface area (Å²) in [7, 11) is 0. The molecule has 0 aromatic heterocycles. The first kappa shape index (κ1) is 27.5. The minimum atomic E-state index is -0.699. The summed E-state index contributed by atoms with van der Waals surface area (Å²) in [5.74, 6) is 0.315. The Morgan fingerprint density at radius 2 is 1.32 bits per heavy atom. The van der Waals surface area contributed by atoms with E-state index in [1.54, 1.807) is 0 Å². The minimum Gasteiger partial charge on any atom is -0.481 e. The zero-order valence-electron chi connectivity index (χ0n) is 22.3. The molecule has 4 nitrogen and oxygen atoms in total. The van der Waals surface area contributed by atoms with Gasteiger partial charge >= 0.3 is 5.97 Å². The van der Waals surface area contributed by atoms with E-state index in [0.29, 0.717) is 43.1 Å². The summed E-state index contributed by atoms with van der Waals surface area (Å²) < 4.78 is 0. The third-order valence-electron chi connectivity index (χ3n) is 7.92. The number of carboxylic acid groups (broad SMARTS) is 1. The molecule has 0 heterocycles. The standard InChI is InChI=1S/C34H38O4/c1-2-24-6-12-27(13-7-24)30-18-20-31(21-19-30)33(36)5-3-4-32(35)22-25-8-14-28(15-9-25)29-16-10-26(11-17-29)23-34(37)38/h6-9,12-15,18-21,26,29H,2-5,10-11,16-17,22-23H2,1H3,(H,37,38). The summed E-state index contributed by atoms with van der Waals surface area (Å²) in [5, 5.41) is 9.00. The Kier molecular flexibility index (Phi) is 9.64. The molecule has 0 spiro atoms. The quantitative estimate of drug-likeness (QED) is 0.252. The van der Waals surface area contributed by atoms with Crippen molar-refractivity contribution in [1.82, 2.24) is 0 Å². The molecule has 4 rings (SSSR count). The number of carbonyl (C=O) groups is 3. The smallest absolute Gasteiger partial charge is 0.303 e. The number of hydrogen-bond donors (Lipinski definition) is 1. The Morgan fingerprint density at radius 1 is 0.737 bits per heavy atom. The van der Waals surface area contributed by atoms with Crippen molar-refractivity contribution in [3.63, 3.8) is 0 Å². The molecule has 0 saturated heterocycles. The highest BCUT2D eigenvalue weighted by atomic mass is 16.4. The van der Waals surface area contributed by atoms with Gasteiger partial charge in [-0.15, -0.1) is 0 Å². The number of carbonyl (C=O) groups excluding carboxylic acids is 2. The summed E-state index contributed by atoms with van der Waals surface area (Å²) in [5.41, 5.74) is 6.52. The molecule has 4 heteroatoms. The Labute approximate surface area is 226 Å². The molecule has 0 atom stereocenters. The molecule has 0 amide bonds. The van der Waals surface area contributed by atoms with Crippen LogP contribution in [0, 0.1) is 5.92 Å². The van der Waals surface area contributed by atoms with E-state index < -0.39 is 5.97 Å². The second-order valence-corrected chi connectivity index (χ2v) is 10.7. The number of ketones is 2. The zero-order valence-corrected chi connectivity index (χ0v) is 22.3. The summed E-state index contributed by atoms with van der Waals surface area (Å²) in [4.78, 5) is 36.1. The molecule has 0 aliphatic heterocycles. The largest absolute Gasteiger partial charge is 0.481 e. The van der Waals surface area contributed by atoms with Crippen molar-refractivity contribution < 1.29 is 19.5 Å². The molecule has 3 aromatic rings. The van der Waals surface area contributed by atoms with E-state index in [9.17, 15) is 14.4 Å². The van der Waals surface area contributed by atoms with Crippen molar-refractivity contribution >= 4 is 17.5 Å². The highest BCUT2D eigenvalue weighted by Gasteiger charge is 2.24. The molecule has 0 unspecified atom stereocenters. The summed E-state index contributed by atoms with van der Waals surface area (Å²) in [6.07, 6.45) is 7.02. The topological polar surface area (TPSA) is 71.4 Å². The van der Waals surface area contributed by atoms with Crippen molar-refractivity contribution in [2.24, 2.45) is 5.92 Å². The van der Waals surface area contributed by atoms with E-state index >= 15 is 0 Å². The summed E-state index contributed by atoms with van der Waals surface area (Å²) in [6, 6.07) is 24.6. The predicted molar refractivity (Wildman–Crippen MR) is 152 cm³/mol. The minimum absolute atomic E-state index is 0.0770. The first-order chi connectivity index (χ1) is 18.4. The van der Waals surface area contributed by atoms with Gasteiger partial charge in [-0.2, -0.15) is 0 Å². The molecule has 3 aromatic carbocycles. The van der Waals surface area contributed by atoms with Gasteiger partial charge in [0.05, 0.1) is 0 Å². The van der Waals surface area contributed by atoms with Crippen LogP contribution in [0.5, 0.6) is 0 Å². The van der Waals surface area contributed by atoms with Gasteiger partial charge in [0.1, 0.15) is 5.78 Å². The lowest BCUT2D eigenvalue weighted by atomic mass is 9.77. The molecular weight excluding hydrogens is 472 g/mol. The van der Waals surface area contributed by atoms with Gasteiger partial charge in [0.25, 0.3) is 0 Å². The monoisotopic (exact) mass is 510 g/mol. The van der Waals surface area contributed by atoms with E-state index in [2.05, 4.69) is 43.3 Å². The van der Waals surface area contributed by atoms with Crippen LogP contribution in [-0.2, 0) is 22.4 Å². The van der Waals surface area contributed by atoms with Crippen LogP contribution in [0.15, 0.2) is 72.8 Å². The van der Waals surface area contributed by atoms with Crippen molar-refractivity contribution in [3.8, 4) is 11.1 Å². The van der Waals surface area contributed by atoms with Crippen LogP contribution in [0.4, 0.5) is 0 Å². The fourth-order valence-corrected chi connectivity index (χ4v) is 5.54. The number of Topliss-reactive ketones (excluding diaryl/α,β-unsaturated/α-hetero) is 2. The average Bonchev–Trinajstić information content (AvgIpc) is 2.94. The number of carboxylic acids is 1. The third-order valence-corrected chi connectivity index (χ3v) is 7.92. The zero-order chi connectivity index (χ0) is 26.9. The van der Waals surface area contributed by atoms with Crippen LogP contribution >= 0.6 is 0 Å². The number of benzene rings is 3. The molecule has 1 N–H and O–H groups in total. The number of hydrogen-bond acceptors (Lipinski definition) is 3. The second kappa shape index (κ2) is 13.3. The van der Waals surface area contributed by atoms with Crippen LogP contribution in [0.25, 0.3) is 11.1 Å². The lowest BCUT2D eigenvalue weighted by Crippen LogP contribution is -2.16. The Morgan fingerprint density at radius 3 is 1.89 bits per heavy atom. The van der Waals surface area contributed by atoms with E-state index in [4.69, 9.17) is 5.11 Å². The maximum Gasteiger partial charge on any atom is 0.303 e. The van der Waals surface area contributed by atoms with Gasteiger partial charge in [-0.1, -0.05) is 79.7 Å². The van der Waals surface area contributed by atoms with E-state index in [0.717, 1.165) is 48.8 Å². The molecule has 1 aliphatic carbocycles. The van der Waals surface area contributed by atoms with Crippen LogP contribution in [0.2, 0.25) is 0 Å². The molecule has 38 heavy (non-hydrogen) atoms. The van der Waals surface area contributed by atoms with Gasteiger partial charge in [-0.3, -0.25) is 14.4 Å². The molecule has 1 fully saturated rings. The van der Waals surface area contributed by atoms with Gasteiger partial charge in [0, 0.05) is 31.2 Å². The molecule has 198 valence electrons. The number of rotatable bonds is 12. The Bertz CT molecular complexity index is 1210. The van der Waals surface area contributed by atoms with Gasteiger partial charge in [-0.25, -0.2) is 0 Å². The lowest BCUT2D eigenvalue weighted by molar-refractivity contribution is -0.138. The van der Waals surface area contributed by atoms with Crippen molar-refractivity contribution in [3.05, 3.63) is 95.1 Å². The molecular formula is C34H38O4. The normalized spacial score (nSPS) is 17.2. The summed E-state index contributed by atoms with van der Waals surface area (Å²) >= 11 is 0. The van der Waals surface area contributed by atoms with Gasteiger partial charge in [0.2, 0.25) is 0 Å². The highest BCUT2D eigenvalue weighted by molar-refractivity contribution is 5.96. The van der Waals surface area contributed by atoms with E-state index in [-0.39, 0.29) is 18.0 Å². The fourth-order valence-electron chi connectivity index (χ4n) is 5.54. The molecule has 0 radical (unpaired) electrons. The van der Waals surface area contributed by atoms with Crippen molar-refractivity contribution in [1.29, 1.82) is 0 Å².